The van der Waals surface area contributed by atoms with Crippen molar-refractivity contribution in [3.05, 3.63) is 17.5 Å². The Balaban J connectivity index is 1.46. The summed E-state index contributed by atoms with van der Waals surface area (Å²) in [5, 5.41) is 9.05. The van der Waals surface area contributed by atoms with Crippen LogP contribution in [0.15, 0.2) is 6.07 Å². The number of ketones is 1. The number of carbonyl (C=O) groups is 3. The number of rotatable bonds is 4. The van der Waals surface area contributed by atoms with E-state index in [1.165, 1.54) is 17.9 Å². The lowest BCUT2D eigenvalue weighted by Gasteiger charge is -2.37. The molecule has 1 aromatic heterocycles. The van der Waals surface area contributed by atoms with Crippen molar-refractivity contribution in [2.75, 3.05) is 26.3 Å². The van der Waals surface area contributed by atoms with Crippen molar-refractivity contribution >= 4 is 17.6 Å². The number of ether oxygens (including phenoxy) is 1. The van der Waals surface area contributed by atoms with Crippen molar-refractivity contribution in [1.29, 1.82) is 0 Å². The van der Waals surface area contributed by atoms with Crippen molar-refractivity contribution in [3.63, 3.8) is 0 Å². The highest BCUT2D eigenvalue weighted by atomic mass is 19.3. The van der Waals surface area contributed by atoms with E-state index in [4.69, 9.17) is 4.74 Å². The van der Waals surface area contributed by atoms with Gasteiger partial charge in [-0.3, -0.25) is 19.5 Å². The Kier molecular flexibility index (Phi) is 4.06. The molecular formula is C17H20F2N4O4. The first-order valence-electron chi connectivity index (χ1n) is 8.82. The van der Waals surface area contributed by atoms with Crippen molar-refractivity contribution in [1.82, 2.24) is 20.4 Å². The lowest BCUT2D eigenvalue weighted by Crippen LogP contribution is -2.56. The molecule has 3 fully saturated rings. The minimum Gasteiger partial charge on any atom is -0.380 e. The van der Waals surface area contributed by atoms with Crippen molar-refractivity contribution < 1.29 is 27.9 Å². The van der Waals surface area contributed by atoms with Gasteiger partial charge in [0.15, 0.2) is 5.78 Å². The van der Waals surface area contributed by atoms with E-state index in [0.29, 0.717) is 13.2 Å². The fraction of sp³-hybridized carbons (Fsp3) is 0.647. The Bertz CT molecular complexity index is 803. The molecule has 8 nitrogen and oxygen atoms in total. The number of alkyl halides is 2. The number of nitrogens with one attached hydrogen (secondary N) is 2. The minimum atomic E-state index is -2.71. The Morgan fingerprint density at radius 2 is 2.11 bits per heavy atom. The molecule has 0 bridgehead atoms. The molecule has 0 radical (unpaired) electrons. The first kappa shape index (κ1) is 18.0. The lowest BCUT2D eigenvalue weighted by molar-refractivity contribution is -0.138. The number of hydrogen-bond donors (Lipinski definition) is 2. The van der Waals surface area contributed by atoms with E-state index in [1.54, 1.807) is 0 Å². The van der Waals surface area contributed by atoms with E-state index < -0.39 is 17.4 Å². The van der Waals surface area contributed by atoms with Gasteiger partial charge in [-0.1, -0.05) is 0 Å². The normalized spacial score (nSPS) is 29.3. The molecule has 2 saturated heterocycles. The quantitative estimate of drug-likeness (QED) is 0.743. The summed E-state index contributed by atoms with van der Waals surface area (Å²) < 4.78 is 31.5. The summed E-state index contributed by atoms with van der Waals surface area (Å²) in [6.07, 6.45) is -0.712. The fourth-order valence-corrected chi connectivity index (χ4v) is 4.09. The van der Waals surface area contributed by atoms with Gasteiger partial charge < -0.3 is 15.0 Å². The topological polar surface area (TPSA) is 104 Å². The third kappa shape index (κ3) is 3.01. The highest BCUT2D eigenvalue weighted by molar-refractivity contribution is 5.98. The van der Waals surface area contributed by atoms with Crippen LogP contribution in [0.25, 0.3) is 0 Å². The molecule has 10 heteroatoms. The molecule has 0 aromatic carbocycles. The molecule has 146 valence electrons. The Labute approximate surface area is 153 Å². The average molecular weight is 382 g/mol. The Hall–Kier alpha value is -2.36. The van der Waals surface area contributed by atoms with Gasteiger partial charge >= 0.3 is 0 Å². The van der Waals surface area contributed by atoms with Gasteiger partial charge in [-0.25, -0.2) is 8.78 Å². The van der Waals surface area contributed by atoms with Gasteiger partial charge in [0.25, 0.3) is 11.8 Å². The molecule has 27 heavy (non-hydrogen) atoms. The number of H-pyrrole nitrogens is 1. The molecule has 3 aliphatic rings. The number of Topliss-reactive ketones (excluding diaryl/α,β-unsaturated/α-hetero) is 1. The summed E-state index contributed by atoms with van der Waals surface area (Å²) in [5.74, 6) is -3.86. The van der Waals surface area contributed by atoms with Crippen LogP contribution in [0.2, 0.25) is 0 Å². The van der Waals surface area contributed by atoms with Crippen LogP contribution < -0.4 is 5.32 Å². The van der Waals surface area contributed by atoms with Crippen LogP contribution in [-0.2, 0) is 9.53 Å². The molecular weight excluding hydrogens is 362 g/mol. The molecule has 2 amide bonds. The molecule has 3 heterocycles. The predicted molar refractivity (Wildman–Crippen MR) is 87.3 cm³/mol. The number of hydrogen-bond acceptors (Lipinski definition) is 5. The molecule has 1 aliphatic carbocycles. The third-order valence-electron chi connectivity index (χ3n) is 5.71. The van der Waals surface area contributed by atoms with Gasteiger partial charge in [0.2, 0.25) is 5.91 Å². The maximum atomic E-state index is 13.0. The highest BCUT2D eigenvalue weighted by Crippen LogP contribution is 2.43. The van der Waals surface area contributed by atoms with Crippen molar-refractivity contribution in [3.8, 4) is 0 Å². The number of carbonyl (C=O) groups excluding carboxylic acids is 3. The molecule has 1 saturated carbocycles. The Morgan fingerprint density at radius 3 is 2.74 bits per heavy atom. The summed E-state index contributed by atoms with van der Waals surface area (Å²) in [7, 11) is 0. The second-order valence-corrected chi connectivity index (χ2v) is 7.71. The van der Waals surface area contributed by atoms with Crippen LogP contribution in [-0.4, -0.2) is 71.0 Å². The van der Waals surface area contributed by atoms with E-state index in [2.05, 4.69) is 15.5 Å². The summed E-state index contributed by atoms with van der Waals surface area (Å²) in [4.78, 5) is 38.4. The smallest absolute Gasteiger partial charge is 0.271 e. The highest BCUT2D eigenvalue weighted by Gasteiger charge is 2.58. The first-order valence-corrected chi connectivity index (χ1v) is 8.82. The first-order chi connectivity index (χ1) is 12.7. The average Bonchev–Trinajstić information content (AvgIpc) is 3.26. The van der Waals surface area contributed by atoms with Crippen molar-refractivity contribution in [2.45, 2.75) is 31.7 Å². The van der Waals surface area contributed by atoms with Crippen molar-refractivity contribution in [2.24, 2.45) is 11.3 Å². The molecule has 0 unspecified atom stereocenters. The number of nitrogens with zero attached hydrogens (tertiary/aromatic N) is 2. The van der Waals surface area contributed by atoms with Crippen LogP contribution in [0, 0.1) is 11.3 Å². The van der Waals surface area contributed by atoms with Crippen LogP contribution in [0.5, 0.6) is 0 Å². The number of aromatic amines is 1. The van der Waals surface area contributed by atoms with Gasteiger partial charge in [0, 0.05) is 44.8 Å². The van der Waals surface area contributed by atoms with Gasteiger partial charge in [-0.2, -0.15) is 5.10 Å². The molecule has 0 spiro atoms. The molecule has 2 N–H and O–H groups in total. The lowest BCUT2D eigenvalue weighted by atomic mass is 9.79. The fourth-order valence-electron chi connectivity index (χ4n) is 4.09. The van der Waals surface area contributed by atoms with E-state index in [9.17, 15) is 23.2 Å². The molecule has 2 aliphatic heterocycles. The van der Waals surface area contributed by atoms with E-state index in [0.717, 1.165) is 0 Å². The Morgan fingerprint density at radius 1 is 1.37 bits per heavy atom. The summed E-state index contributed by atoms with van der Waals surface area (Å²) in [5.41, 5.74) is -0.584. The van der Waals surface area contributed by atoms with E-state index in [-0.39, 0.29) is 60.9 Å². The van der Waals surface area contributed by atoms with Gasteiger partial charge in [-0.15, -0.1) is 0 Å². The number of halogens is 2. The summed E-state index contributed by atoms with van der Waals surface area (Å²) in [6, 6.07) is 0.844. The second kappa shape index (κ2) is 6.08. The van der Waals surface area contributed by atoms with E-state index in [1.807, 2.05) is 0 Å². The molecule has 1 aromatic rings. The summed E-state index contributed by atoms with van der Waals surface area (Å²) in [6.45, 7) is 2.30. The zero-order chi connectivity index (χ0) is 19.4. The number of fused-ring (bicyclic) bond motifs is 1. The van der Waals surface area contributed by atoms with Crippen LogP contribution >= 0.6 is 0 Å². The third-order valence-corrected chi connectivity index (χ3v) is 5.71. The predicted octanol–water partition coefficient (Wildman–Crippen LogP) is 0.615. The van der Waals surface area contributed by atoms with Gasteiger partial charge in [0.1, 0.15) is 11.4 Å². The molecule has 2 atom stereocenters. The SMILES string of the molecule is CC(=O)c1cc(C(=O)N2C[C@@H]3COC[C@]3(C(=O)NC3CC(F)(F)C3)C2)[nH]n1. The number of amides is 2. The molecule has 4 rings (SSSR count). The van der Waals surface area contributed by atoms with Crippen LogP contribution in [0.3, 0.4) is 0 Å². The van der Waals surface area contributed by atoms with Gasteiger partial charge in [0.05, 0.1) is 18.6 Å². The minimum absolute atomic E-state index is 0.139. The second-order valence-electron chi connectivity index (χ2n) is 7.71. The van der Waals surface area contributed by atoms with E-state index >= 15 is 0 Å². The largest absolute Gasteiger partial charge is 0.380 e. The zero-order valence-corrected chi connectivity index (χ0v) is 14.8. The summed E-state index contributed by atoms with van der Waals surface area (Å²) >= 11 is 0. The van der Waals surface area contributed by atoms with Crippen LogP contribution in [0.4, 0.5) is 8.78 Å². The van der Waals surface area contributed by atoms with Crippen LogP contribution in [0.1, 0.15) is 40.7 Å². The maximum absolute atomic E-state index is 13.0. The zero-order valence-electron chi connectivity index (χ0n) is 14.8. The monoisotopic (exact) mass is 382 g/mol. The standard InChI is InChI=1S/C17H20F2N4O4/c1-9(24)12-2-13(22-21-12)14(25)23-5-10-6-27-8-16(10,7-23)15(26)20-11-3-17(18,19)4-11/h2,10-11H,3-8H2,1H3,(H,20,26)(H,21,22)/t10-,16-/m1/s1. The number of aromatic nitrogens is 2. The number of likely N-dealkylation sites (tertiary alicyclic amines) is 1. The maximum Gasteiger partial charge on any atom is 0.271 e. The van der Waals surface area contributed by atoms with Gasteiger partial charge in [-0.05, 0) is 6.07 Å².